The van der Waals surface area contributed by atoms with E-state index in [-0.39, 0.29) is 0 Å². The zero-order valence-corrected chi connectivity index (χ0v) is 20.3. The van der Waals surface area contributed by atoms with Crippen molar-refractivity contribution in [2.75, 3.05) is 25.5 Å². The van der Waals surface area contributed by atoms with Crippen LogP contribution in [0.2, 0.25) is 0 Å². The van der Waals surface area contributed by atoms with E-state index in [0.717, 1.165) is 74.4 Å². The molecule has 0 unspecified atom stereocenters. The molecule has 3 aromatic carbocycles. The van der Waals surface area contributed by atoms with Crippen LogP contribution in [0.3, 0.4) is 0 Å². The van der Waals surface area contributed by atoms with Crippen LogP contribution in [-0.4, -0.2) is 41.3 Å². The zero-order chi connectivity index (χ0) is 23.3. The van der Waals surface area contributed by atoms with E-state index in [1.807, 2.05) is 6.07 Å². The second-order valence-electron chi connectivity index (χ2n) is 9.39. The summed E-state index contributed by atoms with van der Waals surface area (Å²) in [5.74, 6) is 1.73. The first-order valence-electron chi connectivity index (χ1n) is 12.5. The van der Waals surface area contributed by atoms with Crippen molar-refractivity contribution in [3.05, 3.63) is 71.9 Å². The van der Waals surface area contributed by atoms with Gasteiger partial charge >= 0.3 is 0 Å². The molecule has 5 nitrogen and oxygen atoms in total. The highest BCUT2D eigenvalue weighted by atomic mass is 16.5. The first-order valence-corrected chi connectivity index (χ1v) is 12.5. The Balaban J connectivity index is 1.26. The third kappa shape index (κ3) is 5.00. The normalized spacial score (nSPS) is 15.1. The fourth-order valence-electron chi connectivity index (χ4n) is 4.98. The number of rotatable bonds is 8. The summed E-state index contributed by atoms with van der Waals surface area (Å²) in [6.45, 7) is 5.37. The summed E-state index contributed by atoms with van der Waals surface area (Å²) in [4.78, 5) is 2.56. The van der Waals surface area contributed by atoms with Gasteiger partial charge in [0.1, 0.15) is 5.75 Å². The fraction of sp³-hybridized carbons (Fsp3) is 0.379. The van der Waals surface area contributed by atoms with Crippen molar-refractivity contribution in [3.63, 3.8) is 0 Å². The fourth-order valence-corrected chi connectivity index (χ4v) is 4.98. The SMILES string of the molecule is CCCCc1nnc(NC2CCN(Cc3ccc4ccccc4c3)CC2)c2cc(OC)ccc12. The number of aromatic nitrogens is 2. The summed E-state index contributed by atoms with van der Waals surface area (Å²) in [5.41, 5.74) is 2.46. The Kier molecular flexibility index (Phi) is 6.91. The molecule has 1 aromatic heterocycles. The summed E-state index contributed by atoms with van der Waals surface area (Å²) in [6.07, 6.45) is 5.42. The molecule has 4 aromatic rings. The third-order valence-corrected chi connectivity index (χ3v) is 6.98. The number of unbranched alkanes of at least 4 members (excludes halogenated alkanes) is 1. The highest BCUT2D eigenvalue weighted by Crippen LogP contribution is 2.30. The van der Waals surface area contributed by atoms with E-state index >= 15 is 0 Å². The lowest BCUT2D eigenvalue weighted by molar-refractivity contribution is 0.211. The molecule has 0 atom stereocenters. The lowest BCUT2D eigenvalue weighted by atomic mass is 10.0. The molecule has 0 saturated carbocycles. The molecule has 2 heterocycles. The average molecular weight is 455 g/mol. The predicted octanol–water partition coefficient (Wildman–Crippen LogP) is 6.21. The predicted molar refractivity (Wildman–Crippen MR) is 141 cm³/mol. The molecule has 1 aliphatic rings. The number of benzene rings is 3. The molecule has 1 fully saturated rings. The number of piperidine rings is 1. The van der Waals surface area contributed by atoms with Crippen molar-refractivity contribution in [3.8, 4) is 5.75 Å². The molecule has 0 spiro atoms. The minimum Gasteiger partial charge on any atom is -0.497 e. The third-order valence-electron chi connectivity index (χ3n) is 6.98. The largest absolute Gasteiger partial charge is 0.497 e. The Hall–Kier alpha value is -3.18. The van der Waals surface area contributed by atoms with E-state index in [2.05, 4.69) is 81.9 Å². The van der Waals surface area contributed by atoms with Gasteiger partial charge in [-0.2, -0.15) is 5.10 Å². The number of methoxy groups -OCH3 is 1. The van der Waals surface area contributed by atoms with Gasteiger partial charge in [0.25, 0.3) is 0 Å². The molecule has 0 aliphatic carbocycles. The number of likely N-dealkylation sites (tertiary alicyclic amines) is 1. The number of anilines is 1. The van der Waals surface area contributed by atoms with Gasteiger partial charge in [-0.25, -0.2) is 0 Å². The van der Waals surface area contributed by atoms with Crippen LogP contribution in [0.5, 0.6) is 5.75 Å². The van der Waals surface area contributed by atoms with Gasteiger partial charge in [-0.15, -0.1) is 5.10 Å². The van der Waals surface area contributed by atoms with Crippen molar-refractivity contribution in [1.29, 1.82) is 0 Å². The van der Waals surface area contributed by atoms with Crippen LogP contribution < -0.4 is 10.1 Å². The molecule has 176 valence electrons. The van der Waals surface area contributed by atoms with Crippen LogP contribution >= 0.6 is 0 Å². The van der Waals surface area contributed by atoms with Crippen molar-refractivity contribution in [2.24, 2.45) is 0 Å². The topological polar surface area (TPSA) is 50.3 Å². The number of nitrogens with one attached hydrogen (secondary N) is 1. The summed E-state index contributed by atoms with van der Waals surface area (Å²) < 4.78 is 5.50. The van der Waals surface area contributed by atoms with Gasteiger partial charge < -0.3 is 10.1 Å². The molecule has 5 rings (SSSR count). The van der Waals surface area contributed by atoms with Gasteiger partial charge in [0, 0.05) is 36.4 Å². The van der Waals surface area contributed by atoms with Gasteiger partial charge in [0.05, 0.1) is 12.8 Å². The number of hydrogen-bond acceptors (Lipinski definition) is 5. The van der Waals surface area contributed by atoms with E-state index < -0.39 is 0 Å². The monoisotopic (exact) mass is 454 g/mol. The average Bonchev–Trinajstić information content (AvgIpc) is 2.89. The van der Waals surface area contributed by atoms with Crippen LogP contribution in [0.25, 0.3) is 21.5 Å². The molecule has 0 amide bonds. The summed E-state index contributed by atoms with van der Waals surface area (Å²) >= 11 is 0. The van der Waals surface area contributed by atoms with E-state index in [9.17, 15) is 0 Å². The van der Waals surface area contributed by atoms with Gasteiger partial charge in [0.2, 0.25) is 0 Å². The minimum absolute atomic E-state index is 0.401. The standard InChI is InChI=1S/C29H34N4O/c1-3-4-9-28-26-13-12-25(34-2)19-27(26)29(32-31-28)30-24-14-16-33(17-15-24)20-21-10-11-22-7-5-6-8-23(22)18-21/h5-8,10-13,18-19,24H,3-4,9,14-17,20H2,1-2H3,(H,30,32). The van der Waals surface area contributed by atoms with Gasteiger partial charge in [-0.05, 0) is 66.3 Å². The lowest BCUT2D eigenvalue weighted by Gasteiger charge is -2.32. The van der Waals surface area contributed by atoms with Crippen molar-refractivity contribution in [2.45, 2.75) is 51.6 Å². The second kappa shape index (κ2) is 10.4. The number of ether oxygens (including phenoxy) is 1. The molecule has 0 radical (unpaired) electrons. The molecule has 0 bridgehead atoms. The van der Waals surface area contributed by atoms with E-state index in [1.165, 1.54) is 21.7 Å². The maximum Gasteiger partial charge on any atom is 0.156 e. The smallest absolute Gasteiger partial charge is 0.156 e. The molecular formula is C29H34N4O. The molecule has 1 saturated heterocycles. The van der Waals surface area contributed by atoms with Crippen molar-refractivity contribution < 1.29 is 4.74 Å². The van der Waals surface area contributed by atoms with Crippen LogP contribution in [-0.2, 0) is 13.0 Å². The molecule has 5 heteroatoms. The zero-order valence-electron chi connectivity index (χ0n) is 20.3. The summed E-state index contributed by atoms with van der Waals surface area (Å²) in [5, 5.41) is 17.8. The molecular weight excluding hydrogens is 420 g/mol. The van der Waals surface area contributed by atoms with Crippen LogP contribution in [0.4, 0.5) is 5.82 Å². The summed E-state index contributed by atoms with van der Waals surface area (Å²) in [7, 11) is 1.71. The Labute approximate surface area is 202 Å². The van der Waals surface area contributed by atoms with E-state index in [1.54, 1.807) is 7.11 Å². The highest BCUT2D eigenvalue weighted by Gasteiger charge is 2.21. The number of aryl methyl sites for hydroxylation is 1. The number of nitrogens with zero attached hydrogens (tertiary/aromatic N) is 3. The number of fused-ring (bicyclic) bond motifs is 2. The highest BCUT2D eigenvalue weighted by molar-refractivity contribution is 5.94. The van der Waals surface area contributed by atoms with Gasteiger partial charge in [-0.3, -0.25) is 4.90 Å². The first-order chi connectivity index (χ1) is 16.7. The first kappa shape index (κ1) is 22.6. The Morgan fingerprint density at radius 2 is 1.76 bits per heavy atom. The lowest BCUT2D eigenvalue weighted by Crippen LogP contribution is -2.38. The van der Waals surface area contributed by atoms with Gasteiger partial charge in [-0.1, -0.05) is 49.7 Å². The van der Waals surface area contributed by atoms with Crippen LogP contribution in [0, 0.1) is 0 Å². The van der Waals surface area contributed by atoms with E-state index in [0.29, 0.717) is 6.04 Å². The molecule has 34 heavy (non-hydrogen) atoms. The Morgan fingerprint density at radius 1 is 0.941 bits per heavy atom. The summed E-state index contributed by atoms with van der Waals surface area (Å²) in [6, 6.07) is 22.1. The van der Waals surface area contributed by atoms with Crippen LogP contribution in [0.1, 0.15) is 43.9 Å². The van der Waals surface area contributed by atoms with Crippen molar-refractivity contribution in [1.82, 2.24) is 15.1 Å². The Bertz CT molecular complexity index is 1260. The van der Waals surface area contributed by atoms with Gasteiger partial charge in [0.15, 0.2) is 5.82 Å². The molecule has 1 N–H and O–H groups in total. The number of hydrogen-bond donors (Lipinski definition) is 1. The maximum absolute atomic E-state index is 5.50. The van der Waals surface area contributed by atoms with Crippen LogP contribution in [0.15, 0.2) is 60.7 Å². The van der Waals surface area contributed by atoms with E-state index in [4.69, 9.17) is 4.74 Å². The minimum atomic E-state index is 0.401. The maximum atomic E-state index is 5.50. The molecule has 1 aliphatic heterocycles. The van der Waals surface area contributed by atoms with Crippen molar-refractivity contribution >= 4 is 27.4 Å². The Morgan fingerprint density at radius 3 is 2.56 bits per heavy atom. The quantitative estimate of drug-likeness (QED) is 0.343. The second-order valence-corrected chi connectivity index (χ2v) is 9.39.